The van der Waals surface area contributed by atoms with Gasteiger partial charge >= 0.3 is 0 Å². The highest BCUT2D eigenvalue weighted by Gasteiger charge is 2.44. The van der Waals surface area contributed by atoms with Crippen LogP contribution in [-0.2, 0) is 5.54 Å². The third-order valence-electron chi connectivity index (χ3n) is 3.98. The first-order chi connectivity index (χ1) is 7.12. The lowest BCUT2D eigenvalue weighted by Crippen LogP contribution is -2.45. The third kappa shape index (κ3) is 1.04. The van der Waals surface area contributed by atoms with E-state index in [4.69, 9.17) is 5.73 Å². The van der Waals surface area contributed by atoms with Crippen LogP contribution in [0.2, 0.25) is 0 Å². The van der Waals surface area contributed by atoms with E-state index in [9.17, 15) is 10.2 Å². The quantitative estimate of drug-likeness (QED) is 0.567. The third-order valence-corrected chi connectivity index (χ3v) is 3.98. The van der Waals surface area contributed by atoms with Gasteiger partial charge in [0.2, 0.25) is 0 Å². The van der Waals surface area contributed by atoms with Gasteiger partial charge in [-0.15, -0.1) is 0 Å². The fourth-order valence-electron chi connectivity index (χ4n) is 3.21. The molecule has 0 aromatic heterocycles. The number of aromatic hydroxyl groups is 2. The Bertz CT molecular complexity index is 420. The molecule has 15 heavy (non-hydrogen) atoms. The van der Waals surface area contributed by atoms with Crippen molar-refractivity contribution in [2.45, 2.75) is 37.1 Å². The fourth-order valence-corrected chi connectivity index (χ4v) is 3.21. The predicted molar refractivity (Wildman–Crippen MR) is 56.8 cm³/mol. The molecular formula is C12H15NO2. The van der Waals surface area contributed by atoms with Gasteiger partial charge in [0.25, 0.3) is 0 Å². The lowest BCUT2D eigenvalue weighted by molar-refractivity contribution is 0.230. The standard InChI is InChI=1S/C12H15NO2/c13-12-5-3-7(4-6-12)10-8(14)1-2-9(15)11(10)12/h1-2,7,14-15H,3-6,13H2. The molecule has 4 N–H and O–H groups in total. The molecule has 0 radical (unpaired) electrons. The Morgan fingerprint density at radius 1 is 1.13 bits per heavy atom. The summed E-state index contributed by atoms with van der Waals surface area (Å²) < 4.78 is 0. The molecule has 0 saturated heterocycles. The van der Waals surface area contributed by atoms with Crippen LogP contribution in [0.5, 0.6) is 11.5 Å². The molecule has 0 aliphatic heterocycles. The van der Waals surface area contributed by atoms with Crippen LogP contribution in [0.15, 0.2) is 12.1 Å². The normalized spacial score (nSPS) is 32.7. The van der Waals surface area contributed by atoms with E-state index in [1.165, 1.54) is 0 Å². The minimum absolute atomic E-state index is 0.245. The van der Waals surface area contributed by atoms with Crippen molar-refractivity contribution in [3.05, 3.63) is 23.3 Å². The molecule has 0 atom stereocenters. The molecule has 1 aromatic carbocycles. The predicted octanol–water partition coefficient (Wildman–Crippen LogP) is 1.92. The lowest BCUT2D eigenvalue weighted by atomic mass is 9.62. The van der Waals surface area contributed by atoms with Crippen LogP contribution in [0, 0.1) is 0 Å². The molecular weight excluding hydrogens is 190 g/mol. The molecule has 0 amide bonds. The van der Waals surface area contributed by atoms with Gasteiger partial charge in [0.05, 0.1) is 0 Å². The molecule has 80 valence electrons. The first-order valence-corrected chi connectivity index (χ1v) is 5.46. The van der Waals surface area contributed by atoms with Gasteiger partial charge in [0, 0.05) is 16.7 Å². The van der Waals surface area contributed by atoms with Crippen LogP contribution < -0.4 is 5.73 Å². The number of phenolic OH excluding ortho intramolecular Hbond substituents is 2. The summed E-state index contributed by atoms with van der Waals surface area (Å²) in [5.74, 6) is 0.925. The van der Waals surface area contributed by atoms with Gasteiger partial charge in [-0.2, -0.15) is 0 Å². The topological polar surface area (TPSA) is 66.5 Å². The van der Waals surface area contributed by atoms with E-state index in [1.807, 2.05) is 0 Å². The van der Waals surface area contributed by atoms with Gasteiger partial charge in [0.1, 0.15) is 11.5 Å². The monoisotopic (exact) mass is 205 g/mol. The SMILES string of the molecule is NC12CCC(CC1)c1c(O)ccc(O)c12. The highest BCUT2D eigenvalue weighted by molar-refractivity contribution is 5.55. The van der Waals surface area contributed by atoms with Gasteiger partial charge in [-0.1, -0.05) is 0 Å². The number of hydrogen-bond acceptors (Lipinski definition) is 3. The van der Waals surface area contributed by atoms with E-state index < -0.39 is 5.54 Å². The summed E-state index contributed by atoms with van der Waals surface area (Å²) in [7, 11) is 0. The Labute approximate surface area is 88.5 Å². The van der Waals surface area contributed by atoms with Crippen molar-refractivity contribution in [3.63, 3.8) is 0 Å². The summed E-state index contributed by atoms with van der Waals surface area (Å²) in [6, 6.07) is 3.11. The zero-order valence-corrected chi connectivity index (χ0v) is 8.53. The maximum absolute atomic E-state index is 9.88. The highest BCUT2D eigenvalue weighted by Crippen LogP contribution is 2.55. The Hall–Kier alpha value is -1.22. The van der Waals surface area contributed by atoms with Crippen LogP contribution in [0.3, 0.4) is 0 Å². The first kappa shape index (κ1) is 9.04. The molecule has 3 heteroatoms. The van der Waals surface area contributed by atoms with Gasteiger partial charge in [-0.05, 0) is 43.7 Å². The number of phenols is 2. The van der Waals surface area contributed by atoms with Gasteiger partial charge in [0.15, 0.2) is 0 Å². The van der Waals surface area contributed by atoms with Crippen molar-refractivity contribution in [2.75, 3.05) is 0 Å². The van der Waals surface area contributed by atoms with Crippen molar-refractivity contribution >= 4 is 0 Å². The Morgan fingerprint density at radius 2 is 1.73 bits per heavy atom. The molecule has 3 aliphatic carbocycles. The molecule has 3 aliphatic rings. The molecule has 1 fully saturated rings. The van der Waals surface area contributed by atoms with E-state index in [2.05, 4.69) is 0 Å². The van der Waals surface area contributed by atoms with E-state index >= 15 is 0 Å². The van der Waals surface area contributed by atoms with Crippen LogP contribution in [0.25, 0.3) is 0 Å². The second-order valence-corrected chi connectivity index (χ2v) is 4.82. The molecule has 4 rings (SSSR count). The smallest absolute Gasteiger partial charge is 0.121 e. The Balaban J connectivity index is 2.33. The summed E-state index contributed by atoms with van der Waals surface area (Å²) in [5.41, 5.74) is 7.59. The summed E-state index contributed by atoms with van der Waals surface area (Å²) in [6.07, 6.45) is 3.89. The second kappa shape index (κ2) is 2.67. The Kier molecular flexibility index (Phi) is 1.61. The van der Waals surface area contributed by atoms with Crippen LogP contribution >= 0.6 is 0 Å². The molecule has 3 nitrogen and oxygen atoms in total. The minimum atomic E-state index is -0.410. The zero-order chi connectivity index (χ0) is 10.6. The largest absolute Gasteiger partial charge is 0.508 e. The maximum atomic E-state index is 9.88. The van der Waals surface area contributed by atoms with Crippen molar-refractivity contribution in [1.82, 2.24) is 0 Å². The number of fused-ring (bicyclic) bond motifs is 2. The van der Waals surface area contributed by atoms with E-state index in [1.54, 1.807) is 12.1 Å². The van der Waals surface area contributed by atoms with Crippen LogP contribution in [-0.4, -0.2) is 10.2 Å². The number of hydrogen-bond donors (Lipinski definition) is 3. The van der Waals surface area contributed by atoms with Crippen molar-refractivity contribution in [2.24, 2.45) is 5.73 Å². The minimum Gasteiger partial charge on any atom is -0.508 e. The Morgan fingerprint density at radius 3 is 2.33 bits per heavy atom. The summed E-state index contributed by atoms with van der Waals surface area (Å²) in [4.78, 5) is 0. The average molecular weight is 205 g/mol. The zero-order valence-electron chi connectivity index (χ0n) is 8.53. The average Bonchev–Trinajstić information content (AvgIpc) is 2.23. The lowest BCUT2D eigenvalue weighted by Gasteiger charge is -2.46. The van der Waals surface area contributed by atoms with Crippen molar-refractivity contribution in [1.29, 1.82) is 0 Å². The summed E-state index contributed by atoms with van der Waals surface area (Å²) >= 11 is 0. The molecule has 0 spiro atoms. The van der Waals surface area contributed by atoms with Crippen molar-refractivity contribution < 1.29 is 10.2 Å². The molecule has 0 heterocycles. The van der Waals surface area contributed by atoms with E-state index in [-0.39, 0.29) is 5.75 Å². The number of nitrogens with two attached hydrogens (primary N) is 1. The van der Waals surface area contributed by atoms with Crippen LogP contribution in [0.4, 0.5) is 0 Å². The summed E-state index contributed by atoms with van der Waals surface area (Å²) in [5, 5.41) is 19.7. The summed E-state index contributed by atoms with van der Waals surface area (Å²) in [6.45, 7) is 0. The van der Waals surface area contributed by atoms with Crippen molar-refractivity contribution in [3.8, 4) is 11.5 Å². The number of rotatable bonds is 0. The number of benzene rings is 1. The first-order valence-electron chi connectivity index (χ1n) is 5.46. The van der Waals surface area contributed by atoms with Gasteiger partial charge in [-0.25, -0.2) is 0 Å². The van der Waals surface area contributed by atoms with Gasteiger partial charge in [-0.3, -0.25) is 0 Å². The maximum Gasteiger partial charge on any atom is 0.121 e. The highest BCUT2D eigenvalue weighted by atomic mass is 16.3. The van der Waals surface area contributed by atoms with E-state index in [0.29, 0.717) is 11.7 Å². The fraction of sp³-hybridized carbons (Fsp3) is 0.500. The van der Waals surface area contributed by atoms with Crippen LogP contribution in [0.1, 0.15) is 42.7 Å². The molecule has 2 bridgehead atoms. The van der Waals surface area contributed by atoms with E-state index in [0.717, 1.165) is 36.8 Å². The molecule has 1 aromatic rings. The molecule has 0 unspecified atom stereocenters. The second-order valence-electron chi connectivity index (χ2n) is 4.82. The molecule has 1 saturated carbocycles. The van der Waals surface area contributed by atoms with Gasteiger partial charge < -0.3 is 15.9 Å².